The van der Waals surface area contributed by atoms with E-state index in [-0.39, 0.29) is 12.5 Å². The van der Waals surface area contributed by atoms with E-state index in [2.05, 4.69) is 20.3 Å². The zero-order valence-electron chi connectivity index (χ0n) is 14.6. The molecule has 3 rings (SSSR count). The number of carbonyl (C=O) groups excluding carboxylic acids is 1. The number of hydrogen-bond acceptors (Lipinski definition) is 5. The Bertz CT molecular complexity index is 703. The van der Waals surface area contributed by atoms with E-state index in [1.807, 2.05) is 37.4 Å². The highest BCUT2D eigenvalue weighted by Crippen LogP contribution is 2.24. The van der Waals surface area contributed by atoms with E-state index in [1.54, 1.807) is 10.9 Å². The molecular formula is C18H25N5O2. The zero-order valence-corrected chi connectivity index (χ0v) is 14.6. The number of nitrogens with zero attached hydrogens (tertiary/aromatic N) is 4. The molecular weight excluding hydrogens is 318 g/mol. The van der Waals surface area contributed by atoms with Gasteiger partial charge in [-0.2, -0.15) is 5.10 Å². The second kappa shape index (κ2) is 7.65. The van der Waals surface area contributed by atoms with Crippen LogP contribution < -0.4 is 10.2 Å². The van der Waals surface area contributed by atoms with Gasteiger partial charge in [-0.25, -0.2) is 4.98 Å². The SMILES string of the molecule is Cc1ccn(CCC(=O)NC[C@]2(O)CCCN(c3ccccn3)C2)n1. The van der Waals surface area contributed by atoms with Crippen molar-refractivity contribution in [2.24, 2.45) is 0 Å². The lowest BCUT2D eigenvalue weighted by Crippen LogP contribution is -2.54. The van der Waals surface area contributed by atoms with Gasteiger partial charge in [-0.05, 0) is 38.0 Å². The quantitative estimate of drug-likeness (QED) is 0.821. The van der Waals surface area contributed by atoms with Crippen molar-refractivity contribution in [3.63, 3.8) is 0 Å². The second-order valence-electron chi connectivity index (χ2n) is 6.68. The van der Waals surface area contributed by atoms with E-state index in [0.29, 0.717) is 25.9 Å². The Labute approximate surface area is 147 Å². The third-order valence-corrected chi connectivity index (χ3v) is 4.49. The highest BCUT2D eigenvalue weighted by atomic mass is 16.3. The van der Waals surface area contributed by atoms with Crippen LogP contribution in [0.4, 0.5) is 5.82 Å². The number of rotatable bonds is 6. The molecule has 7 nitrogen and oxygen atoms in total. The van der Waals surface area contributed by atoms with Crippen LogP contribution in [-0.2, 0) is 11.3 Å². The monoisotopic (exact) mass is 343 g/mol. The van der Waals surface area contributed by atoms with Gasteiger partial charge < -0.3 is 15.3 Å². The molecule has 1 amide bonds. The Kier molecular flexibility index (Phi) is 5.33. The van der Waals surface area contributed by atoms with Gasteiger partial charge in [0.1, 0.15) is 5.82 Å². The van der Waals surface area contributed by atoms with Crippen molar-refractivity contribution in [1.29, 1.82) is 0 Å². The lowest BCUT2D eigenvalue weighted by atomic mass is 9.92. The Morgan fingerprint density at radius 3 is 3.00 bits per heavy atom. The van der Waals surface area contributed by atoms with Gasteiger partial charge in [-0.3, -0.25) is 9.48 Å². The van der Waals surface area contributed by atoms with Gasteiger partial charge in [0.2, 0.25) is 5.91 Å². The predicted octanol–water partition coefficient (Wildman–Crippen LogP) is 1.12. The second-order valence-corrected chi connectivity index (χ2v) is 6.68. The number of nitrogens with one attached hydrogen (secondary N) is 1. The van der Waals surface area contributed by atoms with E-state index in [4.69, 9.17) is 0 Å². The maximum absolute atomic E-state index is 12.1. The fourth-order valence-corrected chi connectivity index (χ4v) is 3.15. The van der Waals surface area contributed by atoms with Crippen molar-refractivity contribution in [3.05, 3.63) is 42.4 Å². The number of pyridine rings is 1. The highest BCUT2D eigenvalue weighted by Gasteiger charge is 2.34. The first kappa shape index (κ1) is 17.4. The Morgan fingerprint density at radius 2 is 2.28 bits per heavy atom. The van der Waals surface area contributed by atoms with Gasteiger partial charge in [0.05, 0.1) is 11.3 Å². The van der Waals surface area contributed by atoms with Crippen molar-refractivity contribution in [2.45, 2.75) is 38.3 Å². The van der Waals surface area contributed by atoms with Gasteiger partial charge in [-0.15, -0.1) is 0 Å². The molecule has 7 heteroatoms. The lowest BCUT2D eigenvalue weighted by molar-refractivity contribution is -0.122. The van der Waals surface area contributed by atoms with Crippen LogP contribution in [0.5, 0.6) is 0 Å². The molecule has 0 saturated carbocycles. The Hall–Kier alpha value is -2.41. The summed E-state index contributed by atoms with van der Waals surface area (Å²) in [4.78, 5) is 18.5. The number of aryl methyl sites for hydroxylation is 2. The fraction of sp³-hybridized carbons (Fsp3) is 0.500. The number of carbonyl (C=O) groups is 1. The molecule has 134 valence electrons. The number of amides is 1. The van der Waals surface area contributed by atoms with Gasteiger partial charge in [0.25, 0.3) is 0 Å². The average Bonchev–Trinajstić information content (AvgIpc) is 3.04. The third kappa shape index (κ3) is 4.79. The Morgan fingerprint density at radius 1 is 1.40 bits per heavy atom. The zero-order chi connectivity index (χ0) is 17.7. The summed E-state index contributed by atoms with van der Waals surface area (Å²) in [5.74, 6) is 0.789. The summed E-state index contributed by atoms with van der Waals surface area (Å²) in [5, 5.41) is 18.0. The number of aliphatic hydroxyl groups is 1. The van der Waals surface area contributed by atoms with E-state index in [1.165, 1.54) is 0 Å². The molecule has 1 aliphatic heterocycles. The van der Waals surface area contributed by atoms with Crippen LogP contribution in [0.2, 0.25) is 0 Å². The van der Waals surface area contributed by atoms with Gasteiger partial charge in [-0.1, -0.05) is 6.07 Å². The molecule has 0 radical (unpaired) electrons. The molecule has 3 heterocycles. The normalized spacial score (nSPS) is 20.5. The van der Waals surface area contributed by atoms with E-state index < -0.39 is 5.60 Å². The maximum Gasteiger partial charge on any atom is 0.221 e. The number of β-amino-alcohol motifs (C(OH)–C–C–N with tert-alkyl or cyclic N) is 1. The van der Waals surface area contributed by atoms with Crippen LogP contribution in [0.1, 0.15) is 25.0 Å². The summed E-state index contributed by atoms with van der Waals surface area (Å²) >= 11 is 0. The minimum atomic E-state index is -0.923. The van der Waals surface area contributed by atoms with Gasteiger partial charge in [0.15, 0.2) is 0 Å². The molecule has 0 unspecified atom stereocenters. The van der Waals surface area contributed by atoms with Crippen LogP contribution in [0.3, 0.4) is 0 Å². The minimum Gasteiger partial charge on any atom is -0.386 e. The van der Waals surface area contributed by atoms with E-state index in [0.717, 1.165) is 24.5 Å². The van der Waals surface area contributed by atoms with Crippen molar-refractivity contribution < 1.29 is 9.90 Å². The number of aromatic nitrogens is 3. The van der Waals surface area contributed by atoms with Crippen molar-refractivity contribution in [2.75, 3.05) is 24.5 Å². The first-order valence-corrected chi connectivity index (χ1v) is 8.69. The van der Waals surface area contributed by atoms with Crippen LogP contribution in [0.15, 0.2) is 36.7 Å². The molecule has 2 N–H and O–H groups in total. The highest BCUT2D eigenvalue weighted by molar-refractivity contribution is 5.75. The summed E-state index contributed by atoms with van der Waals surface area (Å²) < 4.78 is 1.76. The maximum atomic E-state index is 12.1. The molecule has 2 aromatic heterocycles. The summed E-state index contributed by atoms with van der Waals surface area (Å²) in [5.41, 5.74) is 0.0137. The molecule has 0 aromatic carbocycles. The summed E-state index contributed by atoms with van der Waals surface area (Å²) in [6, 6.07) is 7.67. The van der Waals surface area contributed by atoms with Crippen molar-refractivity contribution in [3.8, 4) is 0 Å². The third-order valence-electron chi connectivity index (χ3n) is 4.49. The molecule has 25 heavy (non-hydrogen) atoms. The smallest absolute Gasteiger partial charge is 0.221 e. The molecule has 1 aliphatic rings. The van der Waals surface area contributed by atoms with Gasteiger partial charge >= 0.3 is 0 Å². The molecule has 1 atom stereocenters. The largest absolute Gasteiger partial charge is 0.386 e. The summed E-state index contributed by atoms with van der Waals surface area (Å²) in [6.45, 7) is 4.06. The molecule has 1 saturated heterocycles. The minimum absolute atomic E-state index is 0.0727. The summed E-state index contributed by atoms with van der Waals surface area (Å²) in [7, 11) is 0. The van der Waals surface area contributed by atoms with Crippen molar-refractivity contribution in [1.82, 2.24) is 20.1 Å². The fourth-order valence-electron chi connectivity index (χ4n) is 3.15. The van der Waals surface area contributed by atoms with E-state index in [9.17, 15) is 9.90 Å². The van der Waals surface area contributed by atoms with Crippen LogP contribution in [0, 0.1) is 6.92 Å². The molecule has 2 aromatic rings. The lowest BCUT2D eigenvalue weighted by Gasteiger charge is -2.39. The van der Waals surface area contributed by atoms with Crippen LogP contribution in [0.25, 0.3) is 0 Å². The van der Waals surface area contributed by atoms with Crippen molar-refractivity contribution >= 4 is 11.7 Å². The number of hydrogen-bond donors (Lipinski definition) is 2. The standard InChI is InChI=1S/C18H25N5O2/c1-15-6-11-23(21-15)12-7-17(24)20-13-18(25)8-4-10-22(14-18)16-5-2-3-9-19-16/h2-3,5-6,9,11,25H,4,7-8,10,12-14H2,1H3,(H,20,24)/t18-/m1/s1. The molecule has 0 spiro atoms. The Balaban J connectivity index is 1.48. The van der Waals surface area contributed by atoms with E-state index >= 15 is 0 Å². The summed E-state index contributed by atoms with van der Waals surface area (Å²) in [6.07, 6.45) is 5.51. The first-order valence-electron chi connectivity index (χ1n) is 8.69. The molecule has 0 aliphatic carbocycles. The average molecular weight is 343 g/mol. The number of anilines is 1. The molecule has 0 bridgehead atoms. The topological polar surface area (TPSA) is 83.3 Å². The van der Waals surface area contributed by atoms with Gasteiger partial charge in [0, 0.05) is 45.0 Å². The van der Waals surface area contributed by atoms with Crippen LogP contribution in [-0.4, -0.2) is 51.0 Å². The number of piperidine rings is 1. The molecule has 1 fully saturated rings. The first-order chi connectivity index (χ1) is 12.0. The van der Waals surface area contributed by atoms with Crippen LogP contribution >= 0.6 is 0 Å². The predicted molar refractivity (Wildman–Crippen MR) is 95.2 cm³/mol.